The number of nitrogens with one attached hydrogen (secondary N) is 2. The first-order valence-electron chi connectivity index (χ1n) is 6.70. The summed E-state index contributed by atoms with van der Waals surface area (Å²) >= 11 is 0. The number of rotatable bonds is 1. The highest BCUT2D eigenvalue weighted by Crippen LogP contribution is 2.33. The van der Waals surface area contributed by atoms with Crippen LogP contribution in [0.2, 0.25) is 0 Å². The second-order valence-corrected chi connectivity index (χ2v) is 5.08. The third-order valence-corrected chi connectivity index (χ3v) is 3.85. The van der Waals surface area contributed by atoms with Crippen LogP contribution in [0, 0.1) is 0 Å². The first kappa shape index (κ1) is 12.1. The third-order valence-electron chi connectivity index (χ3n) is 3.85. The number of H-pyrrole nitrogens is 2. The van der Waals surface area contributed by atoms with E-state index in [9.17, 15) is 9.59 Å². The zero-order chi connectivity index (χ0) is 14.4. The van der Waals surface area contributed by atoms with Crippen molar-refractivity contribution in [2.75, 3.05) is 13.3 Å². The quantitative estimate of drug-likeness (QED) is 0.805. The Morgan fingerprint density at radius 2 is 2.05 bits per heavy atom. The molecule has 0 spiro atoms. The fourth-order valence-electron chi connectivity index (χ4n) is 2.70. The van der Waals surface area contributed by atoms with Gasteiger partial charge in [-0.2, -0.15) is 0 Å². The lowest BCUT2D eigenvalue weighted by molar-refractivity contribution is 0.0733. The van der Waals surface area contributed by atoms with Gasteiger partial charge in [-0.1, -0.05) is 0 Å². The minimum Gasteiger partial charge on any atom is -0.454 e. The molecule has 108 valence electrons. The molecule has 0 unspecified atom stereocenters. The predicted molar refractivity (Wildman–Crippen MR) is 72.4 cm³/mol. The molecule has 1 aromatic heterocycles. The van der Waals surface area contributed by atoms with E-state index in [0.717, 1.165) is 5.69 Å². The van der Waals surface area contributed by atoms with Gasteiger partial charge in [0.05, 0.1) is 12.1 Å². The van der Waals surface area contributed by atoms with E-state index in [-0.39, 0.29) is 18.3 Å². The number of nitrogens with zero attached hydrogens (tertiary/aromatic N) is 1. The summed E-state index contributed by atoms with van der Waals surface area (Å²) in [4.78, 5) is 25.9. The van der Waals surface area contributed by atoms with E-state index in [1.807, 2.05) is 0 Å². The van der Waals surface area contributed by atoms with E-state index < -0.39 is 0 Å². The van der Waals surface area contributed by atoms with Crippen molar-refractivity contribution in [1.29, 1.82) is 0 Å². The number of aromatic amines is 2. The van der Waals surface area contributed by atoms with E-state index in [0.29, 0.717) is 42.1 Å². The minimum absolute atomic E-state index is 0.112. The molecule has 0 aliphatic carbocycles. The topological polar surface area (TPSA) is 87.4 Å². The smallest absolute Gasteiger partial charge is 0.269 e. The van der Waals surface area contributed by atoms with Gasteiger partial charge in [0, 0.05) is 24.2 Å². The highest BCUT2D eigenvalue weighted by atomic mass is 16.7. The Labute approximate surface area is 119 Å². The third kappa shape index (κ3) is 1.89. The van der Waals surface area contributed by atoms with E-state index in [4.69, 9.17) is 9.47 Å². The van der Waals surface area contributed by atoms with Gasteiger partial charge in [-0.15, -0.1) is 0 Å². The van der Waals surface area contributed by atoms with Gasteiger partial charge < -0.3 is 19.5 Å². The number of carbonyl (C=O) groups is 1. The summed E-state index contributed by atoms with van der Waals surface area (Å²) < 4.78 is 10.5. The Kier molecular flexibility index (Phi) is 2.53. The van der Waals surface area contributed by atoms with Crippen LogP contribution in [0.5, 0.6) is 11.5 Å². The van der Waals surface area contributed by atoms with Crippen LogP contribution in [0.1, 0.15) is 21.6 Å². The second-order valence-electron chi connectivity index (χ2n) is 5.08. The zero-order valence-corrected chi connectivity index (χ0v) is 11.1. The average molecular weight is 287 g/mol. The Morgan fingerprint density at radius 3 is 2.95 bits per heavy atom. The summed E-state index contributed by atoms with van der Waals surface area (Å²) in [6, 6.07) is 5.13. The minimum atomic E-state index is -0.159. The summed E-state index contributed by atoms with van der Waals surface area (Å²) in [7, 11) is 0. The van der Waals surface area contributed by atoms with Crippen molar-refractivity contribution in [2.45, 2.75) is 13.0 Å². The molecule has 0 saturated heterocycles. The molecule has 0 saturated carbocycles. The number of hydrogen-bond acceptors (Lipinski definition) is 4. The highest BCUT2D eigenvalue weighted by Gasteiger charge is 2.26. The normalized spacial score (nSPS) is 15.9. The van der Waals surface area contributed by atoms with E-state index in [2.05, 4.69) is 10.2 Å². The SMILES string of the molecule is O=C(c1ccc2c(c1)OCO2)N1CCc2[nH][nH]c(=O)c2C1. The summed E-state index contributed by atoms with van der Waals surface area (Å²) in [6.07, 6.45) is 0.643. The molecule has 2 N–H and O–H groups in total. The number of hydrogen-bond donors (Lipinski definition) is 2. The lowest BCUT2D eigenvalue weighted by Crippen LogP contribution is -2.37. The van der Waals surface area contributed by atoms with Crippen molar-refractivity contribution >= 4 is 5.91 Å². The number of ether oxygens (including phenoxy) is 2. The van der Waals surface area contributed by atoms with Gasteiger partial charge >= 0.3 is 0 Å². The van der Waals surface area contributed by atoms with Gasteiger partial charge in [-0.05, 0) is 18.2 Å². The van der Waals surface area contributed by atoms with Crippen LogP contribution in [0.25, 0.3) is 0 Å². The van der Waals surface area contributed by atoms with Crippen molar-refractivity contribution < 1.29 is 14.3 Å². The zero-order valence-electron chi connectivity index (χ0n) is 11.1. The van der Waals surface area contributed by atoms with Crippen LogP contribution < -0.4 is 15.0 Å². The van der Waals surface area contributed by atoms with Crippen LogP contribution in [0.15, 0.2) is 23.0 Å². The molecule has 1 aromatic carbocycles. The summed E-state index contributed by atoms with van der Waals surface area (Å²) in [5.74, 6) is 1.12. The van der Waals surface area contributed by atoms with Gasteiger partial charge in [-0.25, -0.2) is 0 Å². The average Bonchev–Trinajstić information content (AvgIpc) is 3.12. The second kappa shape index (κ2) is 4.41. The Morgan fingerprint density at radius 1 is 1.19 bits per heavy atom. The van der Waals surface area contributed by atoms with Crippen LogP contribution >= 0.6 is 0 Å². The monoisotopic (exact) mass is 287 g/mol. The van der Waals surface area contributed by atoms with Crippen molar-refractivity contribution in [3.63, 3.8) is 0 Å². The standard InChI is InChI=1S/C14H13N3O4/c18-13-9-6-17(4-3-10(9)15-16-13)14(19)8-1-2-11-12(5-8)21-7-20-11/h1-2,5H,3-4,6-7H2,(H2,15,16,18). The van der Waals surface area contributed by atoms with Crippen molar-refractivity contribution in [3.05, 3.63) is 45.4 Å². The fourth-order valence-corrected chi connectivity index (χ4v) is 2.70. The van der Waals surface area contributed by atoms with Crippen molar-refractivity contribution in [1.82, 2.24) is 15.1 Å². The van der Waals surface area contributed by atoms with Crippen LogP contribution in [0.4, 0.5) is 0 Å². The fraction of sp³-hybridized carbons (Fsp3) is 0.286. The van der Waals surface area contributed by atoms with Gasteiger partial charge in [0.1, 0.15) is 0 Å². The lowest BCUT2D eigenvalue weighted by atomic mass is 10.1. The van der Waals surface area contributed by atoms with E-state index >= 15 is 0 Å². The Bertz CT molecular complexity index is 777. The number of carbonyl (C=O) groups excluding carboxylic acids is 1. The maximum atomic E-state index is 12.5. The summed E-state index contributed by atoms with van der Waals surface area (Å²) in [5, 5.41) is 5.40. The molecule has 2 aromatic rings. The molecule has 1 amide bonds. The number of fused-ring (bicyclic) bond motifs is 2. The van der Waals surface area contributed by atoms with Crippen LogP contribution in [0.3, 0.4) is 0 Å². The first-order valence-corrected chi connectivity index (χ1v) is 6.70. The molecule has 0 radical (unpaired) electrons. The molecule has 3 heterocycles. The molecule has 0 fully saturated rings. The molecule has 0 bridgehead atoms. The van der Waals surface area contributed by atoms with E-state index in [1.54, 1.807) is 23.1 Å². The molecule has 0 atom stereocenters. The maximum absolute atomic E-state index is 12.5. The Hall–Kier alpha value is -2.70. The molecular formula is C14H13N3O4. The van der Waals surface area contributed by atoms with Gasteiger partial charge in [0.15, 0.2) is 11.5 Å². The first-order chi connectivity index (χ1) is 10.2. The highest BCUT2D eigenvalue weighted by molar-refractivity contribution is 5.95. The van der Waals surface area contributed by atoms with Crippen LogP contribution in [-0.2, 0) is 13.0 Å². The van der Waals surface area contributed by atoms with Gasteiger partial charge in [0.2, 0.25) is 6.79 Å². The molecule has 7 nitrogen and oxygen atoms in total. The van der Waals surface area contributed by atoms with Crippen molar-refractivity contribution in [3.8, 4) is 11.5 Å². The predicted octanol–water partition coefficient (Wildman–Crippen LogP) is 0.630. The van der Waals surface area contributed by atoms with Gasteiger partial charge in [0.25, 0.3) is 11.5 Å². The summed E-state index contributed by atoms with van der Waals surface area (Å²) in [6.45, 7) is 1.08. The van der Waals surface area contributed by atoms with Crippen molar-refractivity contribution in [2.24, 2.45) is 0 Å². The number of benzene rings is 1. The number of aromatic nitrogens is 2. The summed E-state index contributed by atoms with van der Waals surface area (Å²) in [5.41, 5.74) is 1.90. The Balaban J connectivity index is 1.61. The van der Waals surface area contributed by atoms with E-state index in [1.165, 1.54) is 0 Å². The lowest BCUT2D eigenvalue weighted by Gasteiger charge is -2.26. The molecule has 7 heteroatoms. The molecule has 2 aliphatic rings. The molecule has 21 heavy (non-hydrogen) atoms. The van der Waals surface area contributed by atoms with Crippen LogP contribution in [-0.4, -0.2) is 34.3 Å². The molecular weight excluding hydrogens is 274 g/mol. The maximum Gasteiger partial charge on any atom is 0.269 e. The number of amides is 1. The largest absolute Gasteiger partial charge is 0.454 e. The molecule has 2 aliphatic heterocycles. The van der Waals surface area contributed by atoms with Gasteiger partial charge in [-0.3, -0.25) is 14.7 Å². The molecule has 4 rings (SSSR count).